The zero-order valence-corrected chi connectivity index (χ0v) is 10.2. The topological polar surface area (TPSA) is 201 Å². The standard InChI is InChI=1S/C10H14N2O8/c11-9(12)3-1-2-8(4(13)14,5(15)16)10(9,6(17)18)7(19)20/h1-3,11-12H2,(H,13,14)(H,15,16)(H,17,18)(H,19,20). The van der Waals surface area contributed by atoms with E-state index in [4.69, 9.17) is 11.5 Å². The number of hydrogen-bond donors (Lipinski definition) is 6. The first-order chi connectivity index (χ1) is 8.98. The maximum absolute atomic E-state index is 11.5. The van der Waals surface area contributed by atoms with Crippen molar-refractivity contribution in [1.82, 2.24) is 0 Å². The molecule has 0 aromatic heterocycles. The number of aliphatic carboxylic acids is 4. The van der Waals surface area contributed by atoms with Gasteiger partial charge in [0.15, 0.2) is 5.41 Å². The minimum atomic E-state index is -3.38. The molecule has 0 bridgehead atoms. The molecule has 1 rings (SSSR count). The van der Waals surface area contributed by atoms with Gasteiger partial charge < -0.3 is 31.9 Å². The molecule has 0 aliphatic heterocycles. The Bertz CT molecular complexity index is 469. The van der Waals surface area contributed by atoms with Crippen molar-refractivity contribution in [1.29, 1.82) is 0 Å². The summed E-state index contributed by atoms with van der Waals surface area (Å²) in [6.07, 6.45) is -1.17. The molecule has 1 aliphatic carbocycles. The number of hydrogen-bond acceptors (Lipinski definition) is 6. The molecule has 1 fully saturated rings. The zero-order chi connectivity index (χ0) is 15.9. The third-order valence-corrected chi connectivity index (χ3v) is 3.85. The van der Waals surface area contributed by atoms with E-state index in [9.17, 15) is 39.6 Å². The molecule has 112 valence electrons. The summed E-state index contributed by atoms with van der Waals surface area (Å²) in [5.41, 5.74) is 1.95. The smallest absolute Gasteiger partial charge is 0.326 e. The van der Waals surface area contributed by atoms with E-state index in [0.29, 0.717) is 0 Å². The van der Waals surface area contributed by atoms with Gasteiger partial charge in [-0.1, -0.05) is 0 Å². The summed E-state index contributed by atoms with van der Waals surface area (Å²) < 4.78 is 0. The first kappa shape index (κ1) is 15.9. The van der Waals surface area contributed by atoms with Crippen molar-refractivity contribution in [2.45, 2.75) is 24.9 Å². The highest BCUT2D eigenvalue weighted by atomic mass is 16.4. The number of rotatable bonds is 4. The van der Waals surface area contributed by atoms with E-state index >= 15 is 0 Å². The number of nitrogens with two attached hydrogens (primary N) is 2. The van der Waals surface area contributed by atoms with Crippen LogP contribution in [0, 0.1) is 10.8 Å². The average Bonchev–Trinajstić information content (AvgIpc) is 2.24. The maximum atomic E-state index is 11.5. The number of carbonyl (C=O) groups is 4. The van der Waals surface area contributed by atoms with Crippen LogP contribution >= 0.6 is 0 Å². The largest absolute Gasteiger partial charge is 0.480 e. The van der Waals surface area contributed by atoms with Gasteiger partial charge in [0.05, 0.1) is 5.66 Å². The fourth-order valence-corrected chi connectivity index (χ4v) is 2.90. The van der Waals surface area contributed by atoms with Crippen molar-refractivity contribution in [2.24, 2.45) is 22.3 Å². The van der Waals surface area contributed by atoms with Crippen LogP contribution in [0.1, 0.15) is 19.3 Å². The van der Waals surface area contributed by atoms with Crippen molar-refractivity contribution < 1.29 is 39.6 Å². The van der Waals surface area contributed by atoms with Crippen LogP contribution in [0.2, 0.25) is 0 Å². The molecule has 0 unspecified atom stereocenters. The molecule has 10 nitrogen and oxygen atoms in total. The molecule has 0 radical (unpaired) electrons. The molecule has 0 atom stereocenters. The third kappa shape index (κ3) is 1.51. The molecule has 0 saturated heterocycles. The van der Waals surface area contributed by atoms with E-state index in [1.807, 2.05) is 0 Å². The summed E-state index contributed by atoms with van der Waals surface area (Å²) in [5.74, 6) is -8.59. The Morgan fingerprint density at radius 1 is 0.750 bits per heavy atom. The Morgan fingerprint density at radius 2 is 1.15 bits per heavy atom. The van der Waals surface area contributed by atoms with Gasteiger partial charge in [-0.2, -0.15) is 0 Å². The first-order valence-electron chi connectivity index (χ1n) is 5.50. The molecule has 20 heavy (non-hydrogen) atoms. The van der Waals surface area contributed by atoms with Gasteiger partial charge in [-0.05, 0) is 19.3 Å². The van der Waals surface area contributed by atoms with Gasteiger partial charge in [-0.25, -0.2) is 0 Å². The lowest BCUT2D eigenvalue weighted by Crippen LogP contribution is -2.79. The van der Waals surface area contributed by atoms with Crippen molar-refractivity contribution in [3.05, 3.63) is 0 Å². The van der Waals surface area contributed by atoms with Crippen LogP contribution in [0.5, 0.6) is 0 Å². The van der Waals surface area contributed by atoms with Crippen LogP contribution in [0.4, 0.5) is 0 Å². The van der Waals surface area contributed by atoms with Crippen LogP contribution in [0.15, 0.2) is 0 Å². The van der Waals surface area contributed by atoms with E-state index in [2.05, 4.69) is 0 Å². The normalized spacial score (nSPS) is 22.7. The Labute approximate surface area is 112 Å². The maximum Gasteiger partial charge on any atom is 0.326 e. The lowest BCUT2D eigenvalue weighted by Gasteiger charge is -2.50. The highest BCUT2D eigenvalue weighted by molar-refractivity contribution is 6.14. The van der Waals surface area contributed by atoms with E-state index in [1.54, 1.807) is 0 Å². The first-order valence-corrected chi connectivity index (χ1v) is 5.50. The fraction of sp³-hybridized carbons (Fsp3) is 0.600. The summed E-state index contributed by atoms with van der Waals surface area (Å²) >= 11 is 0. The minimum Gasteiger partial charge on any atom is -0.480 e. The van der Waals surface area contributed by atoms with Gasteiger partial charge in [0.2, 0.25) is 5.41 Å². The van der Waals surface area contributed by atoms with E-state index in [1.165, 1.54) is 0 Å². The Kier molecular flexibility index (Phi) is 3.51. The minimum absolute atomic E-state index is 0.131. The highest BCUT2D eigenvalue weighted by Gasteiger charge is 2.79. The van der Waals surface area contributed by atoms with Gasteiger partial charge in [0.1, 0.15) is 0 Å². The van der Waals surface area contributed by atoms with Crippen molar-refractivity contribution >= 4 is 23.9 Å². The molecule has 0 heterocycles. The Hall–Kier alpha value is -2.20. The fourth-order valence-electron chi connectivity index (χ4n) is 2.90. The molecule has 0 amide bonds. The predicted molar refractivity (Wildman–Crippen MR) is 60.4 cm³/mol. The lowest BCUT2D eigenvalue weighted by molar-refractivity contribution is -0.208. The second-order valence-electron chi connectivity index (χ2n) is 4.77. The quantitative estimate of drug-likeness (QED) is 0.250. The second-order valence-corrected chi connectivity index (χ2v) is 4.77. The summed E-state index contributed by atoms with van der Waals surface area (Å²) in [5, 5.41) is 36.9. The van der Waals surface area contributed by atoms with E-state index in [-0.39, 0.29) is 12.8 Å². The lowest BCUT2D eigenvalue weighted by atomic mass is 9.51. The van der Waals surface area contributed by atoms with Gasteiger partial charge in [0.25, 0.3) is 0 Å². The van der Waals surface area contributed by atoms with Gasteiger partial charge >= 0.3 is 23.9 Å². The molecule has 1 saturated carbocycles. The second kappa shape index (κ2) is 4.42. The van der Waals surface area contributed by atoms with Crippen LogP contribution in [-0.2, 0) is 19.2 Å². The van der Waals surface area contributed by atoms with E-state index in [0.717, 1.165) is 0 Å². The van der Waals surface area contributed by atoms with Crippen molar-refractivity contribution in [3.8, 4) is 0 Å². The Morgan fingerprint density at radius 3 is 1.40 bits per heavy atom. The molecule has 1 aliphatic rings. The van der Waals surface area contributed by atoms with Gasteiger partial charge in [0, 0.05) is 0 Å². The van der Waals surface area contributed by atoms with E-state index < -0.39 is 46.8 Å². The summed E-state index contributed by atoms with van der Waals surface area (Å²) in [7, 11) is 0. The molecule has 0 aromatic carbocycles. The summed E-state index contributed by atoms with van der Waals surface area (Å²) in [6, 6.07) is 0. The van der Waals surface area contributed by atoms with Gasteiger partial charge in [-0.15, -0.1) is 0 Å². The molecular formula is C10H14N2O8. The average molecular weight is 290 g/mol. The van der Waals surface area contributed by atoms with Crippen molar-refractivity contribution in [3.63, 3.8) is 0 Å². The monoisotopic (exact) mass is 290 g/mol. The summed E-state index contributed by atoms with van der Waals surface area (Å²) in [4.78, 5) is 45.8. The van der Waals surface area contributed by atoms with Crippen LogP contribution in [0.3, 0.4) is 0 Å². The molecule has 10 heteroatoms. The molecule has 8 N–H and O–H groups in total. The van der Waals surface area contributed by atoms with Crippen LogP contribution < -0.4 is 11.5 Å². The highest BCUT2D eigenvalue weighted by Crippen LogP contribution is 2.54. The SMILES string of the molecule is NC1(N)CCCC(C(=O)O)(C(=O)O)C1(C(=O)O)C(=O)O. The molecule has 0 spiro atoms. The zero-order valence-electron chi connectivity index (χ0n) is 10.2. The van der Waals surface area contributed by atoms with Crippen LogP contribution in [-0.4, -0.2) is 50.0 Å². The molecular weight excluding hydrogens is 276 g/mol. The third-order valence-electron chi connectivity index (χ3n) is 3.85. The summed E-state index contributed by atoms with van der Waals surface area (Å²) in [6.45, 7) is 0. The predicted octanol–water partition coefficient (Wildman–Crippen LogP) is -1.90. The van der Waals surface area contributed by atoms with Gasteiger partial charge in [-0.3, -0.25) is 19.2 Å². The van der Waals surface area contributed by atoms with Crippen molar-refractivity contribution in [2.75, 3.05) is 0 Å². The van der Waals surface area contributed by atoms with Crippen LogP contribution in [0.25, 0.3) is 0 Å². The molecule has 0 aromatic rings. The Balaban J connectivity index is 3.88. The number of carboxylic acids is 4. The number of carboxylic acid groups (broad SMARTS) is 4.